The molecule has 2 aliphatic heterocycles. The zero-order chi connectivity index (χ0) is 22.3. The number of nitrogens with zero attached hydrogens (tertiary/aromatic N) is 1. The van der Waals surface area contributed by atoms with Crippen molar-refractivity contribution in [1.29, 1.82) is 0 Å². The number of hydrogen-bond donors (Lipinski definition) is 1. The Bertz CT molecular complexity index is 953. The Balaban J connectivity index is 1.55. The summed E-state index contributed by atoms with van der Waals surface area (Å²) in [6, 6.07) is 7.05. The van der Waals surface area contributed by atoms with Crippen molar-refractivity contribution < 1.29 is 24.2 Å². The SMILES string of the molecule is C[C@H](CSC1C2=C(CC(C)(C)CC2=O)Oc2ccccc21)C(=O)N1CCC[C@H]1C(=O)O. The van der Waals surface area contributed by atoms with Gasteiger partial charge in [0, 0.05) is 36.6 Å². The number of carbonyl (C=O) groups excluding carboxylic acids is 2. The van der Waals surface area contributed by atoms with Crippen LogP contribution in [0.5, 0.6) is 5.75 Å². The van der Waals surface area contributed by atoms with E-state index in [4.69, 9.17) is 4.74 Å². The van der Waals surface area contributed by atoms with E-state index in [1.807, 2.05) is 31.2 Å². The minimum absolute atomic E-state index is 0.114. The van der Waals surface area contributed by atoms with Crippen molar-refractivity contribution in [3.63, 3.8) is 0 Å². The fourth-order valence-electron chi connectivity index (χ4n) is 4.79. The Hall–Kier alpha value is -2.28. The highest BCUT2D eigenvalue weighted by Crippen LogP contribution is 2.51. The number of likely N-dealkylation sites (tertiary alicyclic amines) is 1. The van der Waals surface area contributed by atoms with Crippen molar-refractivity contribution in [3.8, 4) is 5.75 Å². The lowest BCUT2D eigenvalue weighted by Gasteiger charge is -2.38. The van der Waals surface area contributed by atoms with Gasteiger partial charge in [-0.05, 0) is 24.3 Å². The topological polar surface area (TPSA) is 83.9 Å². The molecule has 1 unspecified atom stereocenters. The lowest BCUT2D eigenvalue weighted by atomic mass is 9.74. The van der Waals surface area contributed by atoms with Crippen LogP contribution in [0.3, 0.4) is 0 Å². The van der Waals surface area contributed by atoms with E-state index in [1.54, 1.807) is 11.8 Å². The van der Waals surface area contributed by atoms with Crippen LogP contribution in [-0.2, 0) is 14.4 Å². The monoisotopic (exact) mass is 443 g/mol. The molecule has 2 heterocycles. The molecule has 3 atom stereocenters. The molecule has 3 aliphatic rings. The van der Waals surface area contributed by atoms with E-state index in [0.717, 1.165) is 29.1 Å². The fraction of sp³-hybridized carbons (Fsp3) is 0.542. The number of ketones is 1. The Labute approximate surface area is 187 Å². The number of benzene rings is 1. The highest BCUT2D eigenvalue weighted by molar-refractivity contribution is 7.99. The normalized spacial score (nSPS) is 25.5. The average molecular weight is 444 g/mol. The van der Waals surface area contributed by atoms with Gasteiger partial charge in [-0.1, -0.05) is 39.0 Å². The second kappa shape index (κ2) is 8.34. The van der Waals surface area contributed by atoms with E-state index in [-0.39, 0.29) is 28.3 Å². The Kier molecular flexibility index (Phi) is 5.90. The summed E-state index contributed by atoms with van der Waals surface area (Å²) in [4.78, 5) is 39.0. The minimum Gasteiger partial charge on any atom is -0.480 e. The molecule has 1 N–H and O–H groups in total. The molecule has 6 nitrogen and oxygen atoms in total. The Morgan fingerprint density at radius 3 is 2.77 bits per heavy atom. The van der Waals surface area contributed by atoms with E-state index in [9.17, 15) is 19.5 Å². The predicted molar refractivity (Wildman–Crippen MR) is 119 cm³/mol. The van der Waals surface area contributed by atoms with Crippen LogP contribution in [-0.4, -0.2) is 46.0 Å². The molecule has 4 rings (SSSR count). The molecule has 166 valence electrons. The predicted octanol–water partition coefficient (Wildman–Crippen LogP) is 4.21. The molecule has 1 aromatic rings. The molecule has 0 aromatic heterocycles. The minimum atomic E-state index is -0.936. The van der Waals surface area contributed by atoms with Crippen LogP contribution in [0.25, 0.3) is 0 Å². The molecule has 0 saturated carbocycles. The number of Topliss-reactive ketones (excluding diaryl/α,β-unsaturated/α-hetero) is 1. The number of amides is 1. The average Bonchev–Trinajstić information content (AvgIpc) is 3.19. The van der Waals surface area contributed by atoms with Crippen LogP contribution < -0.4 is 4.74 Å². The highest BCUT2D eigenvalue weighted by Gasteiger charge is 2.42. The summed E-state index contributed by atoms with van der Waals surface area (Å²) >= 11 is 1.58. The molecule has 0 spiro atoms. The molecule has 1 aromatic carbocycles. The van der Waals surface area contributed by atoms with Gasteiger partial charge in [-0.2, -0.15) is 0 Å². The van der Waals surface area contributed by atoms with Crippen LogP contribution in [0.4, 0.5) is 0 Å². The summed E-state index contributed by atoms with van der Waals surface area (Å²) in [6.45, 7) is 6.50. The van der Waals surface area contributed by atoms with E-state index in [2.05, 4.69) is 13.8 Å². The molecule has 0 bridgehead atoms. The van der Waals surface area contributed by atoms with Gasteiger partial charge in [-0.3, -0.25) is 9.59 Å². The molecule has 1 saturated heterocycles. The largest absolute Gasteiger partial charge is 0.480 e. The Morgan fingerprint density at radius 2 is 2.03 bits per heavy atom. The zero-order valence-corrected chi connectivity index (χ0v) is 19.0. The zero-order valence-electron chi connectivity index (χ0n) is 18.2. The van der Waals surface area contributed by atoms with Crippen LogP contribution >= 0.6 is 11.8 Å². The van der Waals surface area contributed by atoms with E-state index in [0.29, 0.717) is 31.6 Å². The smallest absolute Gasteiger partial charge is 0.326 e. The maximum Gasteiger partial charge on any atom is 0.326 e. The van der Waals surface area contributed by atoms with Crippen molar-refractivity contribution in [2.75, 3.05) is 12.3 Å². The van der Waals surface area contributed by atoms with Crippen molar-refractivity contribution in [3.05, 3.63) is 41.2 Å². The first-order valence-electron chi connectivity index (χ1n) is 10.9. The highest BCUT2D eigenvalue weighted by atomic mass is 32.2. The van der Waals surface area contributed by atoms with Crippen LogP contribution in [0.2, 0.25) is 0 Å². The summed E-state index contributed by atoms with van der Waals surface area (Å²) in [5, 5.41) is 9.23. The summed E-state index contributed by atoms with van der Waals surface area (Å²) in [6.07, 6.45) is 2.42. The van der Waals surface area contributed by atoms with Crippen molar-refractivity contribution in [2.24, 2.45) is 11.3 Å². The molecule has 1 aliphatic carbocycles. The number of para-hydroxylation sites is 1. The molecule has 1 fully saturated rings. The first-order chi connectivity index (χ1) is 14.7. The number of hydrogen-bond acceptors (Lipinski definition) is 5. The molecule has 1 amide bonds. The third-order valence-electron chi connectivity index (χ3n) is 6.33. The summed E-state index contributed by atoms with van der Waals surface area (Å²) in [7, 11) is 0. The van der Waals surface area contributed by atoms with Gasteiger partial charge >= 0.3 is 5.97 Å². The molecule has 0 radical (unpaired) electrons. The maximum absolute atomic E-state index is 13.1. The van der Waals surface area contributed by atoms with E-state index in [1.165, 1.54) is 4.90 Å². The van der Waals surface area contributed by atoms with E-state index < -0.39 is 12.0 Å². The summed E-state index contributed by atoms with van der Waals surface area (Å²) in [5.74, 6) is 0.753. The number of thioether (sulfide) groups is 1. The van der Waals surface area contributed by atoms with Crippen molar-refractivity contribution in [1.82, 2.24) is 4.90 Å². The van der Waals surface area contributed by atoms with E-state index >= 15 is 0 Å². The van der Waals surface area contributed by atoms with Gasteiger partial charge in [0.15, 0.2) is 5.78 Å². The molecule has 7 heteroatoms. The number of aliphatic carboxylic acids is 1. The number of carboxylic acids is 1. The summed E-state index contributed by atoms with van der Waals surface area (Å²) < 4.78 is 6.15. The van der Waals surface area contributed by atoms with Crippen LogP contribution in [0.15, 0.2) is 35.6 Å². The number of allylic oxidation sites excluding steroid dienone is 1. The lowest BCUT2D eigenvalue weighted by Crippen LogP contribution is -2.43. The van der Waals surface area contributed by atoms with Gasteiger partial charge in [0.2, 0.25) is 5.91 Å². The third kappa shape index (κ3) is 4.25. The van der Waals surface area contributed by atoms with Crippen molar-refractivity contribution in [2.45, 2.75) is 57.7 Å². The van der Waals surface area contributed by atoms with Crippen molar-refractivity contribution >= 4 is 29.4 Å². The first kappa shape index (κ1) is 21.9. The van der Waals surface area contributed by atoms with Crippen LogP contribution in [0.1, 0.15) is 57.3 Å². The second-order valence-electron chi connectivity index (χ2n) is 9.56. The fourth-order valence-corrected chi connectivity index (χ4v) is 6.22. The van der Waals surface area contributed by atoms with Gasteiger partial charge in [0.05, 0.1) is 10.8 Å². The number of ether oxygens (including phenoxy) is 1. The molecular weight excluding hydrogens is 414 g/mol. The number of carbonyl (C=O) groups is 3. The van der Waals surface area contributed by atoms with Gasteiger partial charge in [0.25, 0.3) is 0 Å². The van der Waals surface area contributed by atoms with Gasteiger partial charge in [0.1, 0.15) is 17.6 Å². The van der Waals surface area contributed by atoms with Gasteiger partial charge in [-0.25, -0.2) is 4.79 Å². The van der Waals surface area contributed by atoms with Gasteiger partial charge < -0.3 is 14.7 Å². The lowest BCUT2D eigenvalue weighted by molar-refractivity contribution is -0.149. The number of rotatable bonds is 5. The third-order valence-corrected chi connectivity index (χ3v) is 7.85. The van der Waals surface area contributed by atoms with Crippen LogP contribution in [0, 0.1) is 11.3 Å². The quantitative estimate of drug-likeness (QED) is 0.734. The first-order valence-corrected chi connectivity index (χ1v) is 11.9. The molecule has 31 heavy (non-hydrogen) atoms. The number of fused-ring (bicyclic) bond motifs is 1. The maximum atomic E-state index is 13.1. The van der Waals surface area contributed by atoms with Gasteiger partial charge in [-0.15, -0.1) is 11.8 Å². The molecular formula is C24H29NO5S. The second-order valence-corrected chi connectivity index (χ2v) is 10.7. The number of carboxylic acid groups (broad SMARTS) is 1. The standard InChI is InChI=1S/C24H29NO5S/c1-14(22(27)25-10-6-8-16(25)23(28)29)13-31-21-15-7-4-5-9-18(15)30-19-12-24(2,3)11-17(26)20(19)21/h4-5,7,9,14,16,21H,6,8,10-13H2,1-3H3,(H,28,29)/t14-,16+,21?/m1/s1. The summed E-state index contributed by atoms with van der Waals surface area (Å²) in [5.41, 5.74) is 1.55. The Morgan fingerprint density at radius 1 is 1.29 bits per heavy atom.